The number of nitrogens with zero attached hydrogens (tertiary/aromatic N) is 2. The van der Waals surface area contributed by atoms with Crippen LogP contribution in [0.5, 0.6) is 11.5 Å². The van der Waals surface area contributed by atoms with Crippen LogP contribution in [-0.2, 0) is 11.4 Å². The highest BCUT2D eigenvalue weighted by Crippen LogP contribution is 2.36. The molecule has 7 nitrogen and oxygen atoms in total. The molecule has 0 bridgehead atoms. The van der Waals surface area contributed by atoms with Crippen molar-refractivity contribution < 1.29 is 24.2 Å². The van der Waals surface area contributed by atoms with Crippen molar-refractivity contribution in [3.63, 3.8) is 0 Å². The molecule has 0 aromatic heterocycles. The number of likely N-dealkylation sites (N-methyl/N-ethyl adjacent to an activating group) is 2. The molecule has 1 N–H and O–H groups in total. The Balaban J connectivity index is 1.87. The van der Waals surface area contributed by atoms with Gasteiger partial charge < -0.3 is 19.5 Å². The average Bonchev–Trinajstić information content (AvgIpc) is 2.93. The summed E-state index contributed by atoms with van der Waals surface area (Å²) in [6, 6.07) is 10.1. The van der Waals surface area contributed by atoms with E-state index in [1.807, 2.05) is 6.92 Å². The van der Waals surface area contributed by atoms with E-state index in [2.05, 4.69) is 15.9 Å². The maximum Gasteiger partial charge on any atom is 0.335 e. The number of halogens is 1. The topological polar surface area (TPSA) is 79.3 Å². The summed E-state index contributed by atoms with van der Waals surface area (Å²) >= 11 is 8.80. The molecule has 1 amide bonds. The highest BCUT2D eigenvalue weighted by atomic mass is 79.9. The van der Waals surface area contributed by atoms with Crippen molar-refractivity contribution >= 4 is 51.2 Å². The van der Waals surface area contributed by atoms with Gasteiger partial charge in [-0.2, -0.15) is 0 Å². The minimum Gasteiger partial charge on any atom is -0.490 e. The van der Waals surface area contributed by atoms with Gasteiger partial charge in [0.25, 0.3) is 5.91 Å². The van der Waals surface area contributed by atoms with Gasteiger partial charge in [0.15, 0.2) is 16.6 Å². The molecule has 2 aromatic rings. The first kappa shape index (κ1) is 22.8. The van der Waals surface area contributed by atoms with Crippen molar-refractivity contribution in [3.05, 3.63) is 63.3 Å². The van der Waals surface area contributed by atoms with Crippen LogP contribution < -0.4 is 9.47 Å². The predicted octanol–water partition coefficient (Wildman–Crippen LogP) is 4.15. The highest BCUT2D eigenvalue weighted by molar-refractivity contribution is 9.10. The summed E-state index contributed by atoms with van der Waals surface area (Å²) in [5.41, 5.74) is 2.25. The second kappa shape index (κ2) is 9.49. The third-order valence-electron chi connectivity index (χ3n) is 4.71. The molecule has 0 spiro atoms. The van der Waals surface area contributed by atoms with Gasteiger partial charge >= 0.3 is 5.97 Å². The molecule has 0 atom stereocenters. The SMILES string of the molecule is CCOc1cc(/C=C2/C(=O)N(C)C(=S)N2C)c(Br)cc1OCc1ccc(C(=O)O)cc1. The van der Waals surface area contributed by atoms with Crippen molar-refractivity contribution in [1.29, 1.82) is 0 Å². The standard InChI is InChI=1S/C22H21BrN2O5S/c1-4-29-18-10-15(9-17-20(26)25(3)22(31)24(17)2)16(23)11-19(18)30-12-13-5-7-14(8-6-13)21(27)28/h5-11H,4,12H2,1-3H3,(H,27,28)/b17-9-. The van der Waals surface area contributed by atoms with Gasteiger partial charge in [-0.15, -0.1) is 0 Å². The van der Waals surface area contributed by atoms with E-state index in [4.69, 9.17) is 26.8 Å². The number of carbonyl (C=O) groups is 2. The van der Waals surface area contributed by atoms with Gasteiger partial charge in [-0.3, -0.25) is 9.69 Å². The fourth-order valence-corrected chi connectivity index (χ4v) is 3.60. The number of carbonyl (C=O) groups excluding carboxylic acids is 1. The van der Waals surface area contributed by atoms with Gasteiger partial charge in [0.2, 0.25) is 0 Å². The number of amides is 1. The molecule has 0 radical (unpaired) electrons. The summed E-state index contributed by atoms with van der Waals surface area (Å²) in [5.74, 6) is -0.0961. The van der Waals surface area contributed by atoms with E-state index in [1.54, 1.807) is 49.3 Å². The molecule has 1 aliphatic rings. The van der Waals surface area contributed by atoms with Crippen LogP contribution >= 0.6 is 28.1 Å². The molecule has 162 valence electrons. The van der Waals surface area contributed by atoms with E-state index in [9.17, 15) is 9.59 Å². The fourth-order valence-electron chi connectivity index (χ4n) is 2.98. The smallest absolute Gasteiger partial charge is 0.335 e. The Labute approximate surface area is 194 Å². The van der Waals surface area contributed by atoms with Gasteiger partial charge in [0.1, 0.15) is 12.3 Å². The Hall–Kier alpha value is -2.91. The average molecular weight is 505 g/mol. The summed E-state index contributed by atoms with van der Waals surface area (Å²) < 4.78 is 12.4. The Morgan fingerprint density at radius 2 is 1.77 bits per heavy atom. The molecular weight excluding hydrogens is 484 g/mol. The number of hydrogen-bond acceptors (Lipinski definition) is 5. The van der Waals surface area contributed by atoms with E-state index >= 15 is 0 Å². The first-order chi connectivity index (χ1) is 14.7. The van der Waals surface area contributed by atoms with Crippen LogP contribution in [-0.4, -0.2) is 52.6 Å². The van der Waals surface area contributed by atoms with Gasteiger partial charge in [0.05, 0.1) is 12.2 Å². The van der Waals surface area contributed by atoms with E-state index in [0.717, 1.165) is 15.6 Å². The number of benzene rings is 2. The monoisotopic (exact) mass is 504 g/mol. The molecule has 9 heteroatoms. The minimum atomic E-state index is -0.974. The maximum absolute atomic E-state index is 12.5. The molecule has 0 unspecified atom stereocenters. The molecule has 1 aliphatic heterocycles. The zero-order chi connectivity index (χ0) is 22.7. The van der Waals surface area contributed by atoms with Crippen LogP contribution in [0.1, 0.15) is 28.4 Å². The van der Waals surface area contributed by atoms with Crippen LogP contribution in [0.3, 0.4) is 0 Å². The van der Waals surface area contributed by atoms with E-state index in [0.29, 0.717) is 28.9 Å². The summed E-state index contributed by atoms with van der Waals surface area (Å²) in [6.45, 7) is 2.55. The van der Waals surface area contributed by atoms with Crippen LogP contribution in [0.15, 0.2) is 46.6 Å². The van der Waals surface area contributed by atoms with Gasteiger partial charge in [-0.1, -0.05) is 28.1 Å². The number of thiocarbonyl (C=S) groups is 1. The number of ether oxygens (including phenoxy) is 2. The highest BCUT2D eigenvalue weighted by Gasteiger charge is 2.33. The van der Waals surface area contributed by atoms with Crippen molar-refractivity contribution in [2.75, 3.05) is 20.7 Å². The van der Waals surface area contributed by atoms with Gasteiger partial charge in [-0.05, 0) is 60.6 Å². The van der Waals surface area contributed by atoms with Crippen molar-refractivity contribution in [3.8, 4) is 11.5 Å². The maximum atomic E-state index is 12.5. The molecule has 2 aromatic carbocycles. The van der Waals surface area contributed by atoms with Crippen LogP contribution in [0.2, 0.25) is 0 Å². The van der Waals surface area contributed by atoms with E-state index < -0.39 is 5.97 Å². The number of carboxylic acid groups (broad SMARTS) is 1. The number of aromatic carboxylic acids is 1. The quantitative estimate of drug-likeness (QED) is 0.447. The summed E-state index contributed by atoms with van der Waals surface area (Å²) in [7, 11) is 3.39. The second-order valence-electron chi connectivity index (χ2n) is 6.78. The van der Waals surface area contributed by atoms with Crippen molar-refractivity contribution in [2.24, 2.45) is 0 Å². The summed E-state index contributed by atoms with van der Waals surface area (Å²) in [5, 5.41) is 9.44. The fraction of sp³-hybridized carbons (Fsp3) is 0.227. The molecule has 31 heavy (non-hydrogen) atoms. The third-order valence-corrected chi connectivity index (χ3v) is 5.94. The van der Waals surface area contributed by atoms with E-state index in [-0.39, 0.29) is 18.1 Å². The van der Waals surface area contributed by atoms with Crippen molar-refractivity contribution in [2.45, 2.75) is 13.5 Å². The first-order valence-corrected chi connectivity index (χ1v) is 10.6. The Kier molecular flexibility index (Phi) is 6.97. The lowest BCUT2D eigenvalue weighted by Gasteiger charge is -2.15. The second-order valence-corrected chi connectivity index (χ2v) is 8.00. The lowest BCUT2D eigenvalue weighted by atomic mass is 10.1. The third kappa shape index (κ3) is 4.88. The summed E-state index contributed by atoms with van der Waals surface area (Å²) in [4.78, 5) is 26.5. The number of rotatable bonds is 7. The molecule has 0 aliphatic carbocycles. The molecule has 1 heterocycles. The van der Waals surface area contributed by atoms with E-state index in [1.165, 1.54) is 17.0 Å². The molecule has 0 saturated carbocycles. The largest absolute Gasteiger partial charge is 0.490 e. The van der Waals surface area contributed by atoms with Crippen LogP contribution in [0.4, 0.5) is 0 Å². The molecular formula is C22H21BrN2O5S. The number of hydrogen-bond donors (Lipinski definition) is 1. The number of carboxylic acids is 1. The normalized spacial score (nSPS) is 15.0. The molecule has 1 fully saturated rings. The van der Waals surface area contributed by atoms with Crippen molar-refractivity contribution in [1.82, 2.24) is 9.80 Å². The molecule has 3 rings (SSSR count). The first-order valence-electron chi connectivity index (χ1n) is 9.41. The lowest BCUT2D eigenvalue weighted by Crippen LogP contribution is -2.26. The zero-order valence-electron chi connectivity index (χ0n) is 17.2. The Morgan fingerprint density at radius 1 is 1.13 bits per heavy atom. The zero-order valence-corrected chi connectivity index (χ0v) is 19.6. The molecule has 1 saturated heterocycles. The Morgan fingerprint density at radius 3 is 2.32 bits per heavy atom. The lowest BCUT2D eigenvalue weighted by molar-refractivity contribution is -0.121. The van der Waals surface area contributed by atoms with Crippen LogP contribution in [0, 0.1) is 0 Å². The van der Waals surface area contributed by atoms with Gasteiger partial charge in [0, 0.05) is 18.6 Å². The predicted molar refractivity (Wildman–Crippen MR) is 124 cm³/mol. The van der Waals surface area contributed by atoms with Crippen LogP contribution in [0.25, 0.3) is 6.08 Å². The minimum absolute atomic E-state index is 0.178. The summed E-state index contributed by atoms with van der Waals surface area (Å²) in [6.07, 6.45) is 1.75. The Bertz CT molecular complexity index is 1070. The van der Waals surface area contributed by atoms with Gasteiger partial charge in [-0.25, -0.2) is 4.79 Å².